The average molecular weight is 282 g/mol. The number of anilines is 1. The molecule has 0 aliphatic heterocycles. The molecule has 1 heterocycles. The lowest BCUT2D eigenvalue weighted by Gasteiger charge is -2.07. The van der Waals surface area contributed by atoms with Crippen LogP contribution < -0.4 is 5.73 Å². The summed E-state index contributed by atoms with van der Waals surface area (Å²) in [5.74, 6) is 0.151. The number of fused-ring (bicyclic) bond motifs is 1. The molecule has 0 radical (unpaired) electrons. The zero-order valence-electron chi connectivity index (χ0n) is 11.1. The Balaban J connectivity index is 2.32. The van der Waals surface area contributed by atoms with Crippen molar-refractivity contribution in [1.82, 2.24) is 4.98 Å². The lowest BCUT2D eigenvalue weighted by Crippen LogP contribution is -2.14. The molecular formula is C13H18N2O3S. The summed E-state index contributed by atoms with van der Waals surface area (Å²) < 4.78 is 29.7. The Hall–Kier alpha value is -1.56. The molecule has 5 nitrogen and oxygen atoms in total. The fourth-order valence-corrected chi connectivity index (χ4v) is 3.59. The van der Waals surface area contributed by atoms with E-state index in [1.54, 1.807) is 18.2 Å². The largest absolute Gasteiger partial charge is 0.428 e. The first-order valence-corrected chi connectivity index (χ1v) is 7.96. The summed E-state index contributed by atoms with van der Waals surface area (Å²) in [4.78, 5) is 4.02. The summed E-state index contributed by atoms with van der Waals surface area (Å²) in [6, 6.07) is 4.89. The minimum atomic E-state index is -3.48. The SMILES string of the molecule is CCCC(C)CS(=O)(=O)c1nc2cc(N)ccc2o1. The molecule has 1 unspecified atom stereocenters. The molecule has 104 valence electrons. The van der Waals surface area contributed by atoms with Crippen molar-refractivity contribution >= 4 is 26.6 Å². The van der Waals surface area contributed by atoms with Gasteiger partial charge in [0, 0.05) is 5.69 Å². The van der Waals surface area contributed by atoms with Crippen molar-refractivity contribution in [2.24, 2.45) is 5.92 Å². The standard InChI is InChI=1S/C13H18N2O3S/c1-3-4-9(2)8-19(16,17)13-15-11-7-10(14)5-6-12(11)18-13/h5-7,9H,3-4,8,14H2,1-2H3. The number of nitrogen functional groups attached to an aromatic ring is 1. The van der Waals surface area contributed by atoms with Gasteiger partial charge in [-0.3, -0.25) is 0 Å². The number of benzene rings is 1. The quantitative estimate of drug-likeness (QED) is 0.852. The summed E-state index contributed by atoms with van der Waals surface area (Å²) in [5, 5.41) is -0.212. The van der Waals surface area contributed by atoms with Crippen molar-refractivity contribution in [3.05, 3.63) is 18.2 Å². The molecule has 1 aromatic carbocycles. The van der Waals surface area contributed by atoms with Crippen LogP contribution in [0.4, 0.5) is 5.69 Å². The predicted octanol–water partition coefficient (Wildman–Crippen LogP) is 2.62. The van der Waals surface area contributed by atoms with Gasteiger partial charge in [-0.1, -0.05) is 20.3 Å². The summed E-state index contributed by atoms with van der Waals surface area (Å²) >= 11 is 0. The number of oxazole rings is 1. The Kier molecular flexibility index (Phi) is 3.80. The number of rotatable bonds is 5. The van der Waals surface area contributed by atoms with E-state index in [4.69, 9.17) is 10.2 Å². The van der Waals surface area contributed by atoms with Crippen LogP contribution in [0.2, 0.25) is 0 Å². The van der Waals surface area contributed by atoms with Crippen molar-refractivity contribution in [3.63, 3.8) is 0 Å². The molecule has 2 N–H and O–H groups in total. The van der Waals surface area contributed by atoms with Crippen LogP contribution in [-0.4, -0.2) is 19.2 Å². The second kappa shape index (κ2) is 5.21. The van der Waals surface area contributed by atoms with Gasteiger partial charge < -0.3 is 10.2 Å². The molecule has 0 spiro atoms. The van der Waals surface area contributed by atoms with Gasteiger partial charge in [-0.25, -0.2) is 8.42 Å². The van der Waals surface area contributed by atoms with Gasteiger partial charge >= 0.3 is 5.22 Å². The first-order chi connectivity index (χ1) is 8.92. The highest BCUT2D eigenvalue weighted by Gasteiger charge is 2.24. The molecule has 0 aliphatic carbocycles. The van der Waals surface area contributed by atoms with Crippen LogP contribution in [0.5, 0.6) is 0 Å². The third-order valence-corrected chi connectivity index (χ3v) is 4.66. The number of sulfone groups is 1. The molecule has 0 saturated carbocycles. The van der Waals surface area contributed by atoms with Crippen LogP contribution in [0, 0.1) is 5.92 Å². The topological polar surface area (TPSA) is 86.2 Å². The van der Waals surface area contributed by atoms with Crippen LogP contribution in [0.15, 0.2) is 27.8 Å². The minimum Gasteiger partial charge on any atom is -0.428 e. The third kappa shape index (κ3) is 3.07. The Morgan fingerprint density at radius 3 is 2.84 bits per heavy atom. The zero-order chi connectivity index (χ0) is 14.0. The Labute approximate surface area is 112 Å². The van der Waals surface area contributed by atoms with Crippen LogP contribution in [0.25, 0.3) is 11.1 Å². The van der Waals surface area contributed by atoms with Gasteiger partial charge in [0.15, 0.2) is 5.58 Å². The zero-order valence-corrected chi connectivity index (χ0v) is 11.9. The van der Waals surface area contributed by atoms with E-state index in [1.807, 2.05) is 13.8 Å². The van der Waals surface area contributed by atoms with E-state index in [1.165, 1.54) is 0 Å². The number of hydrogen-bond acceptors (Lipinski definition) is 5. The van der Waals surface area contributed by atoms with E-state index in [0.717, 1.165) is 12.8 Å². The van der Waals surface area contributed by atoms with E-state index in [2.05, 4.69) is 4.98 Å². The van der Waals surface area contributed by atoms with Gasteiger partial charge in [0.25, 0.3) is 0 Å². The molecular weight excluding hydrogens is 264 g/mol. The lowest BCUT2D eigenvalue weighted by molar-refractivity contribution is 0.451. The molecule has 2 rings (SSSR count). The average Bonchev–Trinajstić information content (AvgIpc) is 2.72. The van der Waals surface area contributed by atoms with Crippen molar-refractivity contribution in [1.29, 1.82) is 0 Å². The second-order valence-corrected chi connectivity index (χ2v) is 6.79. The van der Waals surface area contributed by atoms with E-state index >= 15 is 0 Å². The Morgan fingerprint density at radius 1 is 1.42 bits per heavy atom. The fourth-order valence-electron chi connectivity index (χ4n) is 2.08. The Morgan fingerprint density at radius 2 is 2.16 bits per heavy atom. The molecule has 2 aromatic rings. The highest BCUT2D eigenvalue weighted by Crippen LogP contribution is 2.23. The number of aromatic nitrogens is 1. The van der Waals surface area contributed by atoms with Crippen LogP contribution in [0.3, 0.4) is 0 Å². The van der Waals surface area contributed by atoms with Gasteiger partial charge in [-0.15, -0.1) is 0 Å². The van der Waals surface area contributed by atoms with E-state index in [-0.39, 0.29) is 16.9 Å². The first kappa shape index (κ1) is 13.9. The molecule has 0 aliphatic rings. The molecule has 19 heavy (non-hydrogen) atoms. The Bertz CT molecular complexity index is 676. The van der Waals surface area contributed by atoms with Gasteiger partial charge in [0.2, 0.25) is 9.84 Å². The summed E-state index contributed by atoms with van der Waals surface area (Å²) in [5.41, 5.74) is 7.08. The molecule has 0 saturated heterocycles. The van der Waals surface area contributed by atoms with E-state index < -0.39 is 9.84 Å². The van der Waals surface area contributed by atoms with E-state index in [9.17, 15) is 8.42 Å². The third-order valence-electron chi connectivity index (χ3n) is 2.94. The smallest absolute Gasteiger partial charge is 0.316 e. The van der Waals surface area contributed by atoms with Crippen molar-refractivity contribution in [2.45, 2.75) is 31.9 Å². The normalized spacial score (nSPS) is 13.8. The summed E-state index contributed by atoms with van der Waals surface area (Å²) in [6.45, 7) is 3.95. The minimum absolute atomic E-state index is 0.0587. The van der Waals surface area contributed by atoms with E-state index in [0.29, 0.717) is 16.8 Å². The highest BCUT2D eigenvalue weighted by atomic mass is 32.2. The van der Waals surface area contributed by atoms with Crippen molar-refractivity contribution < 1.29 is 12.8 Å². The van der Waals surface area contributed by atoms with Crippen LogP contribution in [0.1, 0.15) is 26.7 Å². The van der Waals surface area contributed by atoms with Crippen LogP contribution >= 0.6 is 0 Å². The fraction of sp³-hybridized carbons (Fsp3) is 0.462. The van der Waals surface area contributed by atoms with Crippen molar-refractivity contribution in [2.75, 3.05) is 11.5 Å². The molecule has 1 atom stereocenters. The monoisotopic (exact) mass is 282 g/mol. The second-order valence-electron chi connectivity index (χ2n) is 4.88. The molecule has 1 aromatic heterocycles. The maximum Gasteiger partial charge on any atom is 0.316 e. The number of nitrogens with two attached hydrogens (primary N) is 1. The maximum absolute atomic E-state index is 12.2. The summed E-state index contributed by atoms with van der Waals surface area (Å²) in [7, 11) is -3.48. The lowest BCUT2D eigenvalue weighted by atomic mass is 10.1. The van der Waals surface area contributed by atoms with Gasteiger partial charge in [0.1, 0.15) is 5.52 Å². The molecule has 0 fully saturated rings. The number of hydrogen-bond donors (Lipinski definition) is 1. The first-order valence-electron chi connectivity index (χ1n) is 6.31. The van der Waals surface area contributed by atoms with Gasteiger partial charge in [-0.2, -0.15) is 4.98 Å². The highest BCUT2D eigenvalue weighted by molar-refractivity contribution is 7.91. The van der Waals surface area contributed by atoms with Gasteiger partial charge in [0.05, 0.1) is 5.75 Å². The summed E-state index contributed by atoms with van der Waals surface area (Å²) in [6.07, 6.45) is 1.83. The number of nitrogens with zero attached hydrogens (tertiary/aromatic N) is 1. The van der Waals surface area contributed by atoms with Crippen LogP contribution in [-0.2, 0) is 9.84 Å². The molecule has 0 bridgehead atoms. The predicted molar refractivity (Wildman–Crippen MR) is 74.5 cm³/mol. The van der Waals surface area contributed by atoms with Gasteiger partial charge in [-0.05, 0) is 30.5 Å². The molecule has 0 amide bonds. The molecule has 6 heteroatoms. The van der Waals surface area contributed by atoms with Crippen molar-refractivity contribution in [3.8, 4) is 0 Å². The maximum atomic E-state index is 12.2.